The van der Waals surface area contributed by atoms with Crippen LogP contribution in [0, 0.1) is 11.3 Å². The molecule has 0 fully saturated rings. The van der Waals surface area contributed by atoms with Crippen LogP contribution in [-0.2, 0) is 10.0 Å². The van der Waals surface area contributed by atoms with Crippen LogP contribution in [0.15, 0.2) is 29.2 Å². The van der Waals surface area contributed by atoms with Gasteiger partial charge in [-0.2, -0.15) is 9.57 Å². The number of sulfonamides is 1. The highest BCUT2D eigenvalue weighted by Gasteiger charge is 2.25. The SMILES string of the molecule is CCN(CCC#N)S(=O)(=O)c1ccccc1NN. The van der Waals surface area contributed by atoms with Crippen molar-refractivity contribution in [2.75, 3.05) is 18.5 Å². The third-order valence-corrected chi connectivity index (χ3v) is 4.52. The standard InChI is InChI=1S/C11H16N4O2S/c1-2-15(9-5-8-12)18(16,17)11-7-4-3-6-10(11)14-13/h3-4,6-7,14H,2,5,9,13H2,1H3. The molecule has 3 N–H and O–H groups in total. The summed E-state index contributed by atoms with van der Waals surface area (Å²) < 4.78 is 26.0. The summed E-state index contributed by atoms with van der Waals surface area (Å²) in [6.45, 7) is 2.21. The topological polar surface area (TPSA) is 99.2 Å². The Bertz CT molecular complexity index is 536. The average molecular weight is 268 g/mol. The Labute approximate surface area is 107 Å². The number of nitriles is 1. The van der Waals surface area contributed by atoms with Gasteiger partial charge in [0.25, 0.3) is 0 Å². The summed E-state index contributed by atoms with van der Waals surface area (Å²) in [5.41, 5.74) is 2.71. The zero-order valence-corrected chi connectivity index (χ0v) is 10.9. The van der Waals surface area contributed by atoms with Gasteiger partial charge in [-0.05, 0) is 12.1 Å². The number of benzene rings is 1. The van der Waals surface area contributed by atoms with Crippen molar-refractivity contribution in [2.24, 2.45) is 5.84 Å². The molecule has 0 aliphatic rings. The Morgan fingerprint density at radius 1 is 1.44 bits per heavy atom. The molecule has 6 nitrogen and oxygen atoms in total. The van der Waals surface area contributed by atoms with Crippen LogP contribution in [0.2, 0.25) is 0 Å². The fourth-order valence-electron chi connectivity index (χ4n) is 1.57. The number of nitrogens with zero attached hydrogens (tertiary/aromatic N) is 2. The van der Waals surface area contributed by atoms with Gasteiger partial charge in [-0.3, -0.25) is 5.84 Å². The molecule has 18 heavy (non-hydrogen) atoms. The quantitative estimate of drug-likeness (QED) is 0.590. The lowest BCUT2D eigenvalue weighted by Crippen LogP contribution is -2.32. The van der Waals surface area contributed by atoms with E-state index in [-0.39, 0.29) is 17.9 Å². The van der Waals surface area contributed by atoms with E-state index in [1.54, 1.807) is 25.1 Å². The second-order valence-electron chi connectivity index (χ2n) is 3.55. The van der Waals surface area contributed by atoms with E-state index in [0.29, 0.717) is 12.2 Å². The number of hydrogen-bond acceptors (Lipinski definition) is 5. The molecule has 0 saturated carbocycles. The van der Waals surface area contributed by atoms with Gasteiger partial charge in [0.2, 0.25) is 10.0 Å². The monoisotopic (exact) mass is 268 g/mol. The number of rotatable bonds is 6. The number of nitrogens with one attached hydrogen (secondary N) is 1. The lowest BCUT2D eigenvalue weighted by atomic mass is 10.3. The minimum absolute atomic E-state index is 0.118. The zero-order valence-electron chi connectivity index (χ0n) is 10.1. The molecule has 1 rings (SSSR count). The van der Waals surface area contributed by atoms with Gasteiger partial charge < -0.3 is 5.43 Å². The van der Waals surface area contributed by atoms with Gasteiger partial charge in [-0.25, -0.2) is 8.42 Å². The minimum atomic E-state index is -3.63. The van der Waals surface area contributed by atoms with Crippen molar-refractivity contribution >= 4 is 15.7 Å². The van der Waals surface area contributed by atoms with Crippen LogP contribution in [-0.4, -0.2) is 25.8 Å². The fourth-order valence-corrected chi connectivity index (χ4v) is 3.18. The van der Waals surface area contributed by atoms with Crippen LogP contribution in [0.4, 0.5) is 5.69 Å². The van der Waals surface area contributed by atoms with E-state index in [9.17, 15) is 8.42 Å². The Hall–Kier alpha value is -1.62. The fraction of sp³-hybridized carbons (Fsp3) is 0.364. The minimum Gasteiger partial charge on any atom is -0.323 e. The Morgan fingerprint density at radius 3 is 2.67 bits per heavy atom. The lowest BCUT2D eigenvalue weighted by molar-refractivity contribution is 0.435. The second kappa shape index (κ2) is 6.35. The molecule has 7 heteroatoms. The van der Waals surface area contributed by atoms with Gasteiger partial charge in [-0.1, -0.05) is 19.1 Å². The van der Waals surface area contributed by atoms with E-state index in [1.165, 1.54) is 10.4 Å². The largest absolute Gasteiger partial charge is 0.323 e. The molecule has 1 aromatic rings. The van der Waals surface area contributed by atoms with E-state index in [2.05, 4.69) is 5.43 Å². The molecule has 1 aromatic carbocycles. The zero-order chi connectivity index (χ0) is 13.6. The Morgan fingerprint density at radius 2 is 2.11 bits per heavy atom. The summed E-state index contributed by atoms with van der Waals surface area (Å²) in [6.07, 6.45) is 0.158. The molecular weight excluding hydrogens is 252 g/mol. The molecule has 98 valence electrons. The summed E-state index contributed by atoms with van der Waals surface area (Å²) in [7, 11) is -3.63. The maximum Gasteiger partial charge on any atom is 0.245 e. The molecule has 0 amide bonds. The predicted molar refractivity (Wildman–Crippen MR) is 68.9 cm³/mol. The van der Waals surface area contributed by atoms with E-state index in [1.807, 2.05) is 6.07 Å². The van der Waals surface area contributed by atoms with Crippen molar-refractivity contribution < 1.29 is 8.42 Å². The molecule has 0 saturated heterocycles. The molecule has 0 bridgehead atoms. The Balaban J connectivity index is 3.15. The maximum atomic E-state index is 12.4. The number of para-hydroxylation sites is 1. The summed E-state index contributed by atoms with van der Waals surface area (Å²) in [6, 6.07) is 8.34. The highest BCUT2D eigenvalue weighted by atomic mass is 32.2. The number of anilines is 1. The number of hydrazine groups is 1. The summed E-state index contributed by atoms with van der Waals surface area (Å²) >= 11 is 0. The van der Waals surface area contributed by atoms with Gasteiger partial charge in [0.15, 0.2) is 0 Å². The van der Waals surface area contributed by atoms with Crippen LogP contribution < -0.4 is 11.3 Å². The predicted octanol–water partition coefficient (Wildman–Crippen LogP) is 0.896. The third kappa shape index (κ3) is 2.98. The molecule has 0 atom stereocenters. The van der Waals surface area contributed by atoms with E-state index >= 15 is 0 Å². The first-order valence-corrected chi connectivity index (χ1v) is 6.94. The van der Waals surface area contributed by atoms with Crippen LogP contribution in [0.5, 0.6) is 0 Å². The van der Waals surface area contributed by atoms with Crippen molar-refractivity contribution in [3.63, 3.8) is 0 Å². The van der Waals surface area contributed by atoms with Gasteiger partial charge in [0.1, 0.15) is 4.90 Å². The molecule has 0 radical (unpaired) electrons. The van der Waals surface area contributed by atoms with Gasteiger partial charge in [-0.15, -0.1) is 0 Å². The lowest BCUT2D eigenvalue weighted by Gasteiger charge is -2.20. The smallest absolute Gasteiger partial charge is 0.245 e. The summed E-state index contributed by atoms with van der Waals surface area (Å²) in [4.78, 5) is 0.118. The highest BCUT2D eigenvalue weighted by Crippen LogP contribution is 2.23. The van der Waals surface area contributed by atoms with Gasteiger partial charge in [0, 0.05) is 19.5 Å². The molecule has 0 aliphatic carbocycles. The van der Waals surface area contributed by atoms with Gasteiger partial charge in [0.05, 0.1) is 11.8 Å². The van der Waals surface area contributed by atoms with Crippen molar-refractivity contribution in [1.82, 2.24) is 4.31 Å². The third-order valence-electron chi connectivity index (χ3n) is 2.49. The van der Waals surface area contributed by atoms with Crippen LogP contribution in [0.3, 0.4) is 0 Å². The van der Waals surface area contributed by atoms with Crippen molar-refractivity contribution in [1.29, 1.82) is 5.26 Å². The highest BCUT2D eigenvalue weighted by molar-refractivity contribution is 7.89. The first kappa shape index (κ1) is 14.4. The molecule has 0 aromatic heterocycles. The second-order valence-corrected chi connectivity index (χ2v) is 5.45. The molecule has 0 spiro atoms. The van der Waals surface area contributed by atoms with E-state index in [4.69, 9.17) is 11.1 Å². The summed E-state index contributed by atoms with van der Waals surface area (Å²) in [5, 5.41) is 8.54. The van der Waals surface area contributed by atoms with Crippen molar-refractivity contribution in [3.05, 3.63) is 24.3 Å². The number of nitrogens with two attached hydrogens (primary N) is 1. The van der Waals surface area contributed by atoms with Gasteiger partial charge >= 0.3 is 0 Å². The van der Waals surface area contributed by atoms with Crippen LogP contribution >= 0.6 is 0 Å². The Kier molecular flexibility index (Phi) is 5.09. The van der Waals surface area contributed by atoms with Crippen LogP contribution in [0.1, 0.15) is 13.3 Å². The van der Waals surface area contributed by atoms with Crippen LogP contribution in [0.25, 0.3) is 0 Å². The maximum absolute atomic E-state index is 12.4. The molecular formula is C11H16N4O2S. The molecule has 0 aliphatic heterocycles. The number of hydrogen-bond donors (Lipinski definition) is 2. The normalized spacial score (nSPS) is 11.2. The first-order chi connectivity index (χ1) is 8.57. The van der Waals surface area contributed by atoms with E-state index in [0.717, 1.165) is 0 Å². The summed E-state index contributed by atoms with van der Waals surface area (Å²) in [5.74, 6) is 5.30. The number of nitrogen functional groups attached to an aromatic ring is 1. The van der Waals surface area contributed by atoms with Crippen molar-refractivity contribution in [2.45, 2.75) is 18.2 Å². The average Bonchev–Trinajstić information content (AvgIpc) is 2.39. The first-order valence-electron chi connectivity index (χ1n) is 5.50. The molecule has 0 unspecified atom stereocenters. The van der Waals surface area contributed by atoms with Crippen molar-refractivity contribution in [3.8, 4) is 6.07 Å². The van der Waals surface area contributed by atoms with E-state index < -0.39 is 10.0 Å². The molecule has 0 heterocycles.